The van der Waals surface area contributed by atoms with Gasteiger partial charge in [-0.1, -0.05) is 86.1 Å². The van der Waals surface area contributed by atoms with Crippen molar-refractivity contribution in [2.24, 2.45) is 11.3 Å². The summed E-state index contributed by atoms with van der Waals surface area (Å²) >= 11 is 3.97. The van der Waals surface area contributed by atoms with Crippen molar-refractivity contribution in [3.05, 3.63) is 12.7 Å². The Morgan fingerprint density at radius 1 is 1.17 bits per heavy atom. The average molecular weight is 273 g/mol. The van der Waals surface area contributed by atoms with Gasteiger partial charge in [0.05, 0.1) is 0 Å². The SMILES string of the molecule is C=CC(C)(C)C.CC(C)S.CCC1CCCCC1. The van der Waals surface area contributed by atoms with Crippen molar-refractivity contribution in [3.8, 4) is 0 Å². The number of rotatable bonds is 1. The molecule has 0 bridgehead atoms. The third-order valence-corrected chi connectivity index (χ3v) is 2.91. The summed E-state index contributed by atoms with van der Waals surface area (Å²) in [7, 11) is 0. The molecule has 0 aromatic rings. The van der Waals surface area contributed by atoms with Crippen molar-refractivity contribution in [1.29, 1.82) is 0 Å². The average Bonchev–Trinajstić information content (AvgIpc) is 2.29. The van der Waals surface area contributed by atoms with Crippen LogP contribution in [0.15, 0.2) is 12.7 Å². The first kappa shape index (κ1) is 20.4. The maximum Gasteiger partial charge on any atom is -0.00399 e. The molecule has 0 aliphatic heterocycles. The molecule has 1 saturated carbocycles. The monoisotopic (exact) mass is 272 g/mol. The van der Waals surface area contributed by atoms with Crippen molar-refractivity contribution < 1.29 is 0 Å². The van der Waals surface area contributed by atoms with E-state index in [1.54, 1.807) is 0 Å². The third kappa shape index (κ3) is 21.4. The van der Waals surface area contributed by atoms with Gasteiger partial charge in [-0.15, -0.1) is 6.58 Å². The summed E-state index contributed by atoms with van der Waals surface area (Å²) in [5.41, 5.74) is 0.306. The van der Waals surface area contributed by atoms with Crippen LogP contribution in [0.1, 0.15) is 80.1 Å². The van der Waals surface area contributed by atoms with E-state index in [9.17, 15) is 0 Å². The summed E-state index contributed by atoms with van der Waals surface area (Å²) in [6.07, 6.45) is 10.9. The van der Waals surface area contributed by atoms with Crippen LogP contribution >= 0.6 is 12.6 Å². The molecular weight excluding hydrogens is 236 g/mol. The second kappa shape index (κ2) is 12.1. The fourth-order valence-electron chi connectivity index (χ4n) is 1.60. The highest BCUT2D eigenvalue weighted by molar-refractivity contribution is 7.80. The highest BCUT2D eigenvalue weighted by Gasteiger charge is 2.09. The Hall–Kier alpha value is 0.0900. The van der Waals surface area contributed by atoms with Gasteiger partial charge in [0.15, 0.2) is 0 Å². The van der Waals surface area contributed by atoms with Gasteiger partial charge in [0.25, 0.3) is 0 Å². The van der Waals surface area contributed by atoms with Gasteiger partial charge in [0.1, 0.15) is 0 Å². The van der Waals surface area contributed by atoms with E-state index in [4.69, 9.17) is 0 Å². The minimum absolute atomic E-state index is 0.306. The van der Waals surface area contributed by atoms with Crippen LogP contribution in [-0.2, 0) is 0 Å². The molecule has 0 radical (unpaired) electrons. The van der Waals surface area contributed by atoms with Crippen LogP contribution in [0.3, 0.4) is 0 Å². The molecular formula is C17H36S. The molecule has 1 rings (SSSR count). The van der Waals surface area contributed by atoms with Gasteiger partial charge in [0.2, 0.25) is 0 Å². The van der Waals surface area contributed by atoms with E-state index in [0.717, 1.165) is 5.92 Å². The molecule has 1 fully saturated rings. The number of thiol groups is 1. The minimum atomic E-state index is 0.306. The van der Waals surface area contributed by atoms with E-state index in [0.29, 0.717) is 10.7 Å². The van der Waals surface area contributed by atoms with Crippen molar-refractivity contribution >= 4 is 12.6 Å². The molecule has 0 saturated heterocycles. The van der Waals surface area contributed by atoms with E-state index >= 15 is 0 Å². The highest BCUT2D eigenvalue weighted by atomic mass is 32.1. The first-order valence-electron chi connectivity index (χ1n) is 7.54. The summed E-state index contributed by atoms with van der Waals surface area (Å²) in [6, 6.07) is 0. The lowest BCUT2D eigenvalue weighted by Crippen LogP contribution is -2.03. The van der Waals surface area contributed by atoms with Crippen molar-refractivity contribution in [2.45, 2.75) is 85.3 Å². The van der Waals surface area contributed by atoms with Crippen LogP contribution in [0, 0.1) is 11.3 Å². The summed E-state index contributed by atoms with van der Waals surface area (Å²) in [5, 5.41) is 0.528. The Kier molecular flexibility index (Phi) is 13.8. The number of allylic oxidation sites excluding steroid dienone is 1. The molecule has 1 aliphatic rings. The molecule has 0 aromatic heterocycles. The van der Waals surface area contributed by atoms with Gasteiger partial charge in [-0.2, -0.15) is 12.6 Å². The van der Waals surface area contributed by atoms with Crippen molar-refractivity contribution in [3.63, 3.8) is 0 Å². The zero-order valence-corrected chi connectivity index (χ0v) is 14.5. The van der Waals surface area contributed by atoms with Crippen LogP contribution < -0.4 is 0 Å². The van der Waals surface area contributed by atoms with E-state index in [-0.39, 0.29) is 0 Å². The summed E-state index contributed by atoms with van der Waals surface area (Å²) in [5.74, 6) is 1.09. The third-order valence-electron chi connectivity index (χ3n) is 2.91. The molecule has 0 spiro atoms. The first-order chi connectivity index (χ1) is 8.22. The van der Waals surface area contributed by atoms with Crippen LogP contribution in [0.5, 0.6) is 0 Å². The van der Waals surface area contributed by atoms with Gasteiger partial charge < -0.3 is 0 Å². The normalized spacial score (nSPS) is 16.2. The minimum Gasteiger partial charge on any atom is -0.177 e. The lowest BCUT2D eigenvalue weighted by atomic mass is 9.88. The molecule has 0 atom stereocenters. The smallest absolute Gasteiger partial charge is 0.00399 e. The van der Waals surface area contributed by atoms with Crippen molar-refractivity contribution in [2.75, 3.05) is 0 Å². The number of hydrogen-bond acceptors (Lipinski definition) is 1. The van der Waals surface area contributed by atoms with E-state index in [2.05, 4.69) is 46.9 Å². The Morgan fingerprint density at radius 3 is 1.67 bits per heavy atom. The molecule has 110 valence electrons. The van der Waals surface area contributed by atoms with Gasteiger partial charge in [0, 0.05) is 0 Å². The summed E-state index contributed by atoms with van der Waals surface area (Å²) in [4.78, 5) is 0. The predicted molar refractivity (Wildman–Crippen MR) is 90.6 cm³/mol. The molecule has 0 heterocycles. The molecule has 0 N–H and O–H groups in total. The quantitative estimate of drug-likeness (QED) is 0.408. The van der Waals surface area contributed by atoms with Crippen LogP contribution in [-0.4, -0.2) is 5.25 Å². The second-order valence-corrected chi connectivity index (χ2v) is 7.61. The van der Waals surface area contributed by atoms with Gasteiger partial charge in [-0.3, -0.25) is 0 Å². The number of hydrogen-bond donors (Lipinski definition) is 1. The Bertz CT molecular complexity index is 168. The molecule has 1 aliphatic carbocycles. The highest BCUT2D eigenvalue weighted by Crippen LogP contribution is 2.25. The van der Waals surface area contributed by atoms with Gasteiger partial charge in [-0.25, -0.2) is 0 Å². The molecule has 0 amide bonds. The van der Waals surface area contributed by atoms with E-state index < -0.39 is 0 Å². The molecule has 18 heavy (non-hydrogen) atoms. The zero-order chi connectivity index (χ0) is 14.6. The standard InChI is InChI=1S/C8H16.C6H12.C3H8S/c1-2-8-6-4-3-5-7-8;1-5-6(2,3)4;1-3(2)4/h8H,2-7H2,1H3;5H,1H2,2-4H3;3-4H,1-2H3. The van der Waals surface area contributed by atoms with E-state index in [1.165, 1.54) is 38.5 Å². The fraction of sp³-hybridized carbons (Fsp3) is 0.882. The van der Waals surface area contributed by atoms with Crippen molar-refractivity contribution in [1.82, 2.24) is 0 Å². The van der Waals surface area contributed by atoms with Crippen LogP contribution in [0.2, 0.25) is 0 Å². The molecule has 0 aromatic carbocycles. The topological polar surface area (TPSA) is 0 Å². The zero-order valence-electron chi connectivity index (χ0n) is 13.6. The lowest BCUT2D eigenvalue weighted by Gasteiger charge is -2.18. The summed E-state index contributed by atoms with van der Waals surface area (Å²) in [6.45, 7) is 16.4. The van der Waals surface area contributed by atoms with Gasteiger partial charge in [-0.05, 0) is 16.6 Å². The van der Waals surface area contributed by atoms with E-state index in [1.807, 2.05) is 19.9 Å². The first-order valence-corrected chi connectivity index (χ1v) is 8.06. The van der Waals surface area contributed by atoms with Crippen LogP contribution in [0.25, 0.3) is 0 Å². The molecule has 0 unspecified atom stereocenters. The van der Waals surface area contributed by atoms with Crippen LogP contribution in [0.4, 0.5) is 0 Å². The van der Waals surface area contributed by atoms with Gasteiger partial charge >= 0.3 is 0 Å². The fourth-order valence-corrected chi connectivity index (χ4v) is 1.60. The molecule has 0 nitrogen and oxygen atoms in total. The largest absolute Gasteiger partial charge is 0.177 e. The molecule has 1 heteroatoms. The maximum absolute atomic E-state index is 3.97. The Morgan fingerprint density at radius 2 is 1.50 bits per heavy atom. The maximum atomic E-state index is 3.97. The predicted octanol–water partition coefficient (Wildman–Crippen LogP) is 6.52. The summed E-state index contributed by atoms with van der Waals surface area (Å²) < 4.78 is 0. The lowest BCUT2D eigenvalue weighted by molar-refractivity contribution is 0.349. The second-order valence-electron chi connectivity index (χ2n) is 6.58. The Labute approximate surface area is 122 Å². The Balaban J connectivity index is 0.